The fraction of sp³-hybridized carbons (Fsp3) is 0.111. The quantitative estimate of drug-likeness (QED) is 0.654. The van der Waals surface area contributed by atoms with Crippen molar-refractivity contribution in [2.75, 3.05) is 0 Å². The summed E-state index contributed by atoms with van der Waals surface area (Å²) >= 11 is 0.974. The van der Waals surface area contributed by atoms with Crippen molar-refractivity contribution in [1.29, 1.82) is 0 Å². The highest BCUT2D eigenvalue weighted by molar-refractivity contribution is 7.89. The second-order valence-electron chi connectivity index (χ2n) is 5.77. The molecule has 0 aliphatic heterocycles. The predicted molar refractivity (Wildman–Crippen MR) is 99.9 cm³/mol. The number of benzene rings is 1. The molecule has 27 heavy (non-hydrogen) atoms. The maximum absolute atomic E-state index is 13.2. The molecule has 1 aromatic carbocycles. The van der Waals surface area contributed by atoms with Gasteiger partial charge >= 0.3 is 0 Å². The van der Waals surface area contributed by atoms with Crippen LogP contribution < -0.4 is 5.73 Å². The van der Waals surface area contributed by atoms with E-state index in [0.717, 1.165) is 11.3 Å². The number of hydrogen-bond acceptors (Lipinski definition) is 5. The van der Waals surface area contributed by atoms with Gasteiger partial charge in [-0.05, 0) is 35.4 Å². The normalized spacial score (nSPS) is 11.6. The molecule has 0 bridgehead atoms. The highest BCUT2D eigenvalue weighted by atomic mass is 32.2. The lowest BCUT2D eigenvalue weighted by Crippen LogP contribution is -2.30. The van der Waals surface area contributed by atoms with E-state index in [1.165, 1.54) is 40.0 Å². The first-order valence-corrected chi connectivity index (χ1v) is 10.2. The second kappa shape index (κ2) is 7.95. The number of primary amides is 1. The van der Waals surface area contributed by atoms with Crippen LogP contribution in [0.1, 0.15) is 20.8 Å². The smallest absolute Gasteiger partial charge is 0.258 e. The molecular weight excluding hydrogens is 389 g/mol. The van der Waals surface area contributed by atoms with E-state index in [2.05, 4.69) is 4.98 Å². The van der Waals surface area contributed by atoms with Crippen LogP contribution in [0.25, 0.3) is 0 Å². The molecule has 0 aliphatic rings. The molecule has 0 saturated carbocycles. The summed E-state index contributed by atoms with van der Waals surface area (Å²) in [5.41, 5.74) is 6.56. The summed E-state index contributed by atoms with van der Waals surface area (Å²) < 4.78 is 40.7. The van der Waals surface area contributed by atoms with Gasteiger partial charge in [0.2, 0.25) is 10.0 Å². The third kappa shape index (κ3) is 4.57. The van der Waals surface area contributed by atoms with Gasteiger partial charge < -0.3 is 5.73 Å². The zero-order valence-electron chi connectivity index (χ0n) is 14.1. The molecule has 0 unspecified atom stereocenters. The molecule has 140 valence electrons. The Morgan fingerprint density at radius 3 is 2.44 bits per heavy atom. The molecule has 0 spiro atoms. The van der Waals surface area contributed by atoms with Crippen molar-refractivity contribution < 1.29 is 17.6 Å². The minimum Gasteiger partial charge on any atom is -0.365 e. The Bertz CT molecular complexity index is 1040. The Balaban J connectivity index is 1.96. The Labute approximate surface area is 160 Å². The minimum absolute atomic E-state index is 0.00713. The highest BCUT2D eigenvalue weighted by Crippen LogP contribution is 2.25. The van der Waals surface area contributed by atoms with Crippen LogP contribution in [0, 0.1) is 5.82 Å². The zero-order chi connectivity index (χ0) is 19.4. The number of nitrogens with two attached hydrogens (primary N) is 1. The Morgan fingerprint density at radius 2 is 1.85 bits per heavy atom. The molecule has 1 amide bonds. The zero-order valence-corrected chi connectivity index (χ0v) is 15.7. The van der Waals surface area contributed by atoms with Gasteiger partial charge in [0.25, 0.3) is 5.91 Å². The molecule has 3 rings (SSSR count). The van der Waals surface area contributed by atoms with E-state index in [4.69, 9.17) is 5.73 Å². The average molecular weight is 405 g/mol. The van der Waals surface area contributed by atoms with Crippen molar-refractivity contribution >= 4 is 27.3 Å². The molecule has 0 radical (unpaired) electrons. The average Bonchev–Trinajstić information content (AvgIpc) is 3.15. The van der Waals surface area contributed by atoms with Gasteiger partial charge in [-0.3, -0.25) is 9.78 Å². The number of nitrogens with zero attached hydrogens (tertiary/aromatic N) is 2. The molecule has 2 heterocycles. The van der Waals surface area contributed by atoms with Crippen LogP contribution in [0.5, 0.6) is 0 Å². The van der Waals surface area contributed by atoms with Crippen LogP contribution >= 0.6 is 11.3 Å². The van der Waals surface area contributed by atoms with Crippen molar-refractivity contribution in [2.24, 2.45) is 5.73 Å². The van der Waals surface area contributed by atoms with Gasteiger partial charge in [0.05, 0.1) is 9.77 Å². The number of hydrogen-bond donors (Lipinski definition) is 1. The van der Waals surface area contributed by atoms with Gasteiger partial charge in [-0.15, -0.1) is 11.3 Å². The first kappa shape index (κ1) is 19.2. The van der Waals surface area contributed by atoms with Crippen molar-refractivity contribution in [3.8, 4) is 0 Å². The summed E-state index contributed by atoms with van der Waals surface area (Å²) in [5, 5.41) is 1.39. The fourth-order valence-electron chi connectivity index (χ4n) is 2.45. The monoisotopic (exact) mass is 405 g/mol. The highest BCUT2D eigenvalue weighted by Gasteiger charge is 2.27. The summed E-state index contributed by atoms with van der Waals surface area (Å²) in [6, 6.07) is 10.4. The van der Waals surface area contributed by atoms with Crippen molar-refractivity contribution in [2.45, 2.75) is 18.0 Å². The molecule has 9 heteroatoms. The number of carbonyl (C=O) groups is 1. The molecule has 0 fully saturated rings. The van der Waals surface area contributed by atoms with Crippen LogP contribution in [0.4, 0.5) is 4.39 Å². The molecular formula is C18H16FN3O3S2. The first-order valence-electron chi connectivity index (χ1n) is 7.88. The van der Waals surface area contributed by atoms with E-state index in [-0.39, 0.29) is 22.9 Å². The van der Waals surface area contributed by atoms with Gasteiger partial charge in [-0.25, -0.2) is 12.8 Å². The number of carbonyl (C=O) groups excluding carboxylic acids is 1. The van der Waals surface area contributed by atoms with Gasteiger partial charge in [-0.1, -0.05) is 18.2 Å². The maximum atomic E-state index is 13.2. The number of aromatic nitrogens is 1. The summed E-state index contributed by atoms with van der Waals surface area (Å²) in [5.74, 6) is -1.08. The summed E-state index contributed by atoms with van der Waals surface area (Å²) in [6.45, 7) is 0.120. The first-order chi connectivity index (χ1) is 12.9. The standard InChI is InChI=1S/C18H16FN3O3S2/c19-15-5-3-13(4-6-15)10-22(11-14-2-1-7-21-9-14)27(24,25)16-8-17(18(20)23)26-12-16/h1-9,12H,10-11H2,(H2,20,23). The number of rotatable bonds is 7. The topological polar surface area (TPSA) is 93.4 Å². The minimum atomic E-state index is -3.91. The fourth-order valence-corrected chi connectivity index (χ4v) is 4.98. The molecule has 0 aliphatic carbocycles. The lowest BCUT2D eigenvalue weighted by molar-refractivity contribution is 0.100. The lowest BCUT2D eigenvalue weighted by Gasteiger charge is -2.22. The van der Waals surface area contributed by atoms with Gasteiger partial charge in [-0.2, -0.15) is 4.31 Å². The van der Waals surface area contributed by atoms with Crippen LogP contribution in [-0.4, -0.2) is 23.6 Å². The molecule has 2 N–H and O–H groups in total. The van der Waals surface area contributed by atoms with E-state index in [9.17, 15) is 17.6 Å². The van der Waals surface area contributed by atoms with E-state index in [1.807, 2.05) is 0 Å². The number of sulfonamides is 1. The van der Waals surface area contributed by atoms with Crippen LogP contribution in [-0.2, 0) is 23.1 Å². The van der Waals surface area contributed by atoms with Crippen LogP contribution in [0.3, 0.4) is 0 Å². The van der Waals surface area contributed by atoms with Crippen LogP contribution in [0.15, 0.2) is 65.1 Å². The van der Waals surface area contributed by atoms with E-state index in [1.54, 1.807) is 24.5 Å². The Morgan fingerprint density at radius 1 is 1.15 bits per heavy atom. The number of amides is 1. The molecule has 0 saturated heterocycles. The van der Waals surface area contributed by atoms with Crippen LogP contribution in [0.2, 0.25) is 0 Å². The van der Waals surface area contributed by atoms with Gasteiger partial charge in [0, 0.05) is 30.9 Å². The SMILES string of the molecule is NC(=O)c1cc(S(=O)(=O)N(Cc2ccc(F)cc2)Cc2cccnc2)cs1. The molecule has 0 atom stereocenters. The van der Waals surface area contributed by atoms with Crippen molar-refractivity contribution in [3.05, 3.63) is 82.1 Å². The molecule has 6 nitrogen and oxygen atoms in total. The predicted octanol–water partition coefficient (Wildman–Crippen LogP) is 2.77. The number of halogens is 1. The number of thiophene rings is 1. The van der Waals surface area contributed by atoms with Crippen molar-refractivity contribution in [3.63, 3.8) is 0 Å². The lowest BCUT2D eigenvalue weighted by atomic mass is 10.2. The van der Waals surface area contributed by atoms with E-state index >= 15 is 0 Å². The summed E-state index contributed by atoms with van der Waals surface area (Å²) in [4.78, 5) is 15.5. The second-order valence-corrected chi connectivity index (χ2v) is 8.62. The molecule has 3 aromatic rings. The third-order valence-electron chi connectivity index (χ3n) is 3.81. The van der Waals surface area contributed by atoms with E-state index in [0.29, 0.717) is 11.1 Å². The van der Waals surface area contributed by atoms with Gasteiger partial charge in [0.1, 0.15) is 5.82 Å². The molecule has 2 aromatic heterocycles. The Hall–Kier alpha value is -2.62. The summed E-state index contributed by atoms with van der Waals surface area (Å²) in [6.07, 6.45) is 3.18. The van der Waals surface area contributed by atoms with Gasteiger partial charge in [0.15, 0.2) is 0 Å². The maximum Gasteiger partial charge on any atom is 0.258 e. The largest absolute Gasteiger partial charge is 0.365 e. The third-order valence-corrected chi connectivity index (χ3v) is 6.67. The Kier molecular flexibility index (Phi) is 5.64. The number of pyridine rings is 1. The van der Waals surface area contributed by atoms with E-state index < -0.39 is 21.7 Å². The van der Waals surface area contributed by atoms with Crippen molar-refractivity contribution in [1.82, 2.24) is 9.29 Å². The summed E-state index contributed by atoms with van der Waals surface area (Å²) in [7, 11) is -3.91.